The van der Waals surface area contributed by atoms with E-state index in [1.54, 1.807) is 14.2 Å². The van der Waals surface area contributed by atoms with Crippen molar-refractivity contribution in [3.63, 3.8) is 0 Å². The van der Waals surface area contributed by atoms with Crippen LogP contribution in [0.25, 0.3) is 0 Å². The predicted molar refractivity (Wildman–Crippen MR) is 101 cm³/mol. The van der Waals surface area contributed by atoms with Gasteiger partial charge in [-0.25, -0.2) is 0 Å². The van der Waals surface area contributed by atoms with E-state index in [0.29, 0.717) is 24.6 Å². The molecule has 0 unspecified atom stereocenters. The fourth-order valence-electron chi connectivity index (χ4n) is 2.81. The molecule has 1 N–H and O–H groups in total. The van der Waals surface area contributed by atoms with Gasteiger partial charge >= 0.3 is 0 Å². The van der Waals surface area contributed by atoms with Crippen LogP contribution in [0.5, 0.6) is 11.5 Å². The second-order valence-electron chi connectivity index (χ2n) is 5.70. The summed E-state index contributed by atoms with van der Waals surface area (Å²) >= 11 is 1.84. The van der Waals surface area contributed by atoms with Crippen molar-refractivity contribution in [1.29, 1.82) is 0 Å². The molecule has 2 aromatic rings. The van der Waals surface area contributed by atoms with E-state index in [0.717, 1.165) is 23.5 Å². The van der Waals surface area contributed by atoms with Gasteiger partial charge in [0.25, 0.3) is 0 Å². The van der Waals surface area contributed by atoms with Gasteiger partial charge < -0.3 is 19.7 Å². The second-order valence-corrected chi connectivity index (χ2v) is 6.84. The Kier molecular flexibility index (Phi) is 5.71. The molecule has 0 saturated heterocycles. The Hall–Kier alpha value is -2.34. The standard InChI is InChI=1S/C19H22N2O3S/c1-23-16-8-7-14(11-17(16)24-2)12-20-19(22)13-21-9-10-25-18-6-4-3-5-15(18)21/h3-8,11H,9-10,12-13H2,1-2H3,(H,20,22). The molecular formula is C19H22N2O3S. The number of rotatable bonds is 6. The molecule has 0 aromatic heterocycles. The third-order valence-corrected chi connectivity index (χ3v) is 5.14. The molecule has 1 aliphatic heterocycles. The van der Waals surface area contributed by atoms with Gasteiger partial charge in [0.05, 0.1) is 26.5 Å². The molecule has 5 nitrogen and oxygen atoms in total. The van der Waals surface area contributed by atoms with Gasteiger partial charge in [0.15, 0.2) is 11.5 Å². The number of carbonyl (C=O) groups excluding carboxylic acids is 1. The first-order valence-corrected chi connectivity index (χ1v) is 9.14. The van der Waals surface area contributed by atoms with Crippen LogP contribution in [0.15, 0.2) is 47.4 Å². The Bertz CT molecular complexity index is 751. The highest BCUT2D eigenvalue weighted by molar-refractivity contribution is 7.99. The Morgan fingerprint density at radius 3 is 2.76 bits per heavy atom. The molecule has 0 saturated carbocycles. The minimum Gasteiger partial charge on any atom is -0.493 e. The number of fused-ring (bicyclic) bond motifs is 1. The minimum atomic E-state index is 0.0106. The fourth-order valence-corrected chi connectivity index (χ4v) is 3.86. The van der Waals surface area contributed by atoms with Crippen LogP contribution < -0.4 is 19.7 Å². The zero-order chi connectivity index (χ0) is 17.6. The summed E-state index contributed by atoms with van der Waals surface area (Å²) in [6, 6.07) is 13.9. The van der Waals surface area contributed by atoms with E-state index in [4.69, 9.17) is 9.47 Å². The van der Waals surface area contributed by atoms with Crippen molar-refractivity contribution in [1.82, 2.24) is 5.32 Å². The van der Waals surface area contributed by atoms with Gasteiger partial charge in [-0.2, -0.15) is 0 Å². The lowest BCUT2D eigenvalue weighted by molar-refractivity contribution is -0.119. The van der Waals surface area contributed by atoms with Gasteiger partial charge in [-0.1, -0.05) is 18.2 Å². The summed E-state index contributed by atoms with van der Waals surface area (Å²) in [5.41, 5.74) is 2.11. The maximum atomic E-state index is 12.4. The third-order valence-electron chi connectivity index (χ3n) is 4.10. The summed E-state index contributed by atoms with van der Waals surface area (Å²) < 4.78 is 10.5. The first-order chi connectivity index (χ1) is 12.2. The first kappa shape index (κ1) is 17.5. The lowest BCUT2D eigenvalue weighted by Gasteiger charge is -2.30. The van der Waals surface area contributed by atoms with Gasteiger partial charge in [-0.15, -0.1) is 11.8 Å². The summed E-state index contributed by atoms with van der Waals surface area (Å²) in [6.07, 6.45) is 0. The van der Waals surface area contributed by atoms with Gasteiger partial charge in [0, 0.05) is 23.7 Å². The Labute approximate surface area is 152 Å². The second kappa shape index (κ2) is 8.16. The largest absolute Gasteiger partial charge is 0.493 e. The third kappa shape index (κ3) is 4.20. The van der Waals surface area contributed by atoms with Crippen LogP contribution in [0.1, 0.15) is 5.56 Å². The number of hydrogen-bond donors (Lipinski definition) is 1. The van der Waals surface area contributed by atoms with E-state index in [9.17, 15) is 4.79 Å². The lowest BCUT2D eigenvalue weighted by atomic mass is 10.2. The molecule has 0 spiro atoms. The highest BCUT2D eigenvalue weighted by Gasteiger charge is 2.19. The summed E-state index contributed by atoms with van der Waals surface area (Å²) in [5, 5.41) is 2.98. The van der Waals surface area contributed by atoms with Gasteiger partial charge in [0.1, 0.15) is 0 Å². The van der Waals surface area contributed by atoms with Crippen molar-refractivity contribution in [2.75, 3.05) is 38.0 Å². The van der Waals surface area contributed by atoms with Gasteiger partial charge in [0.2, 0.25) is 5.91 Å². The zero-order valence-corrected chi connectivity index (χ0v) is 15.3. The summed E-state index contributed by atoms with van der Waals surface area (Å²) in [4.78, 5) is 15.7. The predicted octanol–water partition coefficient (Wildman–Crippen LogP) is 2.93. The van der Waals surface area contributed by atoms with Crippen molar-refractivity contribution < 1.29 is 14.3 Å². The normalized spacial score (nSPS) is 13.1. The maximum absolute atomic E-state index is 12.4. The van der Waals surface area contributed by atoms with Crippen LogP contribution in [0, 0.1) is 0 Å². The van der Waals surface area contributed by atoms with E-state index in [-0.39, 0.29) is 5.91 Å². The number of para-hydroxylation sites is 1. The van der Waals surface area contributed by atoms with Crippen molar-refractivity contribution in [3.8, 4) is 11.5 Å². The average molecular weight is 358 g/mol. The van der Waals surface area contributed by atoms with Crippen LogP contribution in [0.2, 0.25) is 0 Å². The number of ether oxygens (including phenoxy) is 2. The number of benzene rings is 2. The maximum Gasteiger partial charge on any atom is 0.239 e. The Morgan fingerprint density at radius 1 is 1.16 bits per heavy atom. The van der Waals surface area contributed by atoms with E-state index >= 15 is 0 Å². The van der Waals surface area contributed by atoms with Crippen LogP contribution in [0.4, 0.5) is 5.69 Å². The average Bonchev–Trinajstić information content (AvgIpc) is 2.66. The number of thioether (sulfide) groups is 1. The number of hydrogen-bond acceptors (Lipinski definition) is 5. The molecule has 3 rings (SSSR count). The zero-order valence-electron chi connectivity index (χ0n) is 14.5. The first-order valence-electron chi connectivity index (χ1n) is 8.15. The molecule has 1 aliphatic rings. The quantitative estimate of drug-likeness (QED) is 0.860. The van der Waals surface area contributed by atoms with Crippen LogP contribution >= 0.6 is 11.8 Å². The fraction of sp³-hybridized carbons (Fsp3) is 0.316. The number of amides is 1. The van der Waals surface area contributed by atoms with Crippen LogP contribution in [-0.2, 0) is 11.3 Å². The SMILES string of the molecule is COc1ccc(CNC(=O)CN2CCSc3ccccc32)cc1OC. The van der Waals surface area contributed by atoms with Crippen LogP contribution in [0.3, 0.4) is 0 Å². The molecule has 0 fully saturated rings. The van der Waals surface area contributed by atoms with E-state index < -0.39 is 0 Å². The molecular weight excluding hydrogens is 336 g/mol. The Balaban J connectivity index is 1.59. The molecule has 6 heteroatoms. The summed E-state index contributed by atoms with van der Waals surface area (Å²) in [7, 11) is 3.21. The van der Waals surface area contributed by atoms with Crippen molar-refractivity contribution in [3.05, 3.63) is 48.0 Å². The lowest BCUT2D eigenvalue weighted by Crippen LogP contribution is -2.39. The smallest absolute Gasteiger partial charge is 0.239 e. The minimum absolute atomic E-state index is 0.0106. The highest BCUT2D eigenvalue weighted by atomic mass is 32.2. The number of nitrogens with zero attached hydrogens (tertiary/aromatic N) is 1. The number of nitrogens with one attached hydrogen (secondary N) is 1. The highest BCUT2D eigenvalue weighted by Crippen LogP contribution is 2.34. The number of carbonyl (C=O) groups is 1. The van der Waals surface area contributed by atoms with Gasteiger partial charge in [-0.3, -0.25) is 4.79 Å². The molecule has 1 amide bonds. The van der Waals surface area contributed by atoms with Gasteiger partial charge in [-0.05, 0) is 29.8 Å². The molecule has 0 radical (unpaired) electrons. The molecule has 0 bridgehead atoms. The summed E-state index contributed by atoms with van der Waals surface area (Å²) in [6.45, 7) is 1.71. The van der Waals surface area contributed by atoms with Crippen molar-refractivity contribution >= 4 is 23.4 Å². The van der Waals surface area contributed by atoms with Crippen molar-refractivity contribution in [2.45, 2.75) is 11.4 Å². The van der Waals surface area contributed by atoms with Crippen molar-refractivity contribution in [2.24, 2.45) is 0 Å². The number of methoxy groups -OCH3 is 2. The molecule has 25 heavy (non-hydrogen) atoms. The molecule has 2 aromatic carbocycles. The van der Waals surface area contributed by atoms with E-state index in [1.807, 2.05) is 42.1 Å². The van der Waals surface area contributed by atoms with Crippen LogP contribution in [-0.4, -0.2) is 39.0 Å². The molecule has 0 aliphatic carbocycles. The molecule has 132 valence electrons. The topological polar surface area (TPSA) is 50.8 Å². The number of anilines is 1. The van der Waals surface area contributed by atoms with E-state index in [2.05, 4.69) is 22.3 Å². The molecule has 0 atom stereocenters. The Morgan fingerprint density at radius 2 is 1.96 bits per heavy atom. The monoisotopic (exact) mass is 358 g/mol. The van der Waals surface area contributed by atoms with E-state index in [1.165, 1.54) is 4.90 Å². The summed E-state index contributed by atoms with van der Waals surface area (Å²) in [5.74, 6) is 2.35. The molecule has 1 heterocycles.